The van der Waals surface area contributed by atoms with Gasteiger partial charge in [-0.05, 0) is 0 Å². The molecule has 0 N–H and O–H groups in total. The van der Waals surface area contributed by atoms with Crippen LogP contribution in [0.25, 0.3) is 0 Å². The van der Waals surface area contributed by atoms with E-state index in [9.17, 15) is 13.6 Å². The molecule has 0 aliphatic rings. The second kappa shape index (κ2) is 7.25. The minimum absolute atomic E-state index is 0. The van der Waals surface area contributed by atoms with Gasteiger partial charge in [0, 0.05) is 17.1 Å². The van der Waals surface area contributed by atoms with Crippen molar-refractivity contribution in [2.75, 3.05) is 0 Å². The van der Waals surface area contributed by atoms with Gasteiger partial charge in [-0.15, -0.1) is 0 Å². The molecule has 0 aliphatic heterocycles. The van der Waals surface area contributed by atoms with Crippen LogP contribution in [-0.4, -0.2) is 7.32 Å². The van der Waals surface area contributed by atoms with Gasteiger partial charge in [-0.25, -0.2) is 0 Å². The van der Waals surface area contributed by atoms with E-state index in [1.807, 2.05) is 0 Å². The van der Waals surface area contributed by atoms with Crippen molar-refractivity contribution in [3.05, 3.63) is 0 Å². The molecule has 0 radical (unpaired) electrons. The van der Waals surface area contributed by atoms with Crippen LogP contribution in [-0.2, 0) is 31.6 Å². The molecule has 0 unspecified atom stereocenters. The first kappa shape index (κ1) is 11.1. The molecule has 0 fully saturated rings. The molecule has 0 aromatic carbocycles. The van der Waals surface area contributed by atoms with Crippen LogP contribution in [0.15, 0.2) is 0 Å². The van der Waals surface area contributed by atoms with Crippen molar-refractivity contribution in [3.63, 3.8) is 0 Å². The zero-order chi connectivity index (χ0) is 5.70. The molecule has 0 spiro atoms. The first-order chi connectivity index (χ1) is 3.35. The number of hydrogen-bond acceptors (Lipinski definition) is 3. The molecule has 0 atom stereocenters. The Balaban J connectivity index is 0. The molecule has 0 aromatic rings. The van der Waals surface area contributed by atoms with Crippen molar-refractivity contribution >= 4 is 7.32 Å². The zero-order valence-corrected chi connectivity index (χ0v) is 4.39. The minimum atomic E-state index is -2.51. The van der Waals surface area contributed by atoms with Crippen LogP contribution < -0.4 is 0 Å². The smallest absolute Gasteiger partial charge is 0.185 e. The van der Waals surface area contributed by atoms with Gasteiger partial charge in [0.25, 0.3) is 0 Å². The second-order valence-corrected chi connectivity index (χ2v) is 0.556. The van der Waals surface area contributed by atoms with Crippen LogP contribution in [0.4, 0.5) is 13.6 Å². The van der Waals surface area contributed by atoms with Crippen molar-refractivity contribution in [1.82, 2.24) is 0 Å². The van der Waals surface area contributed by atoms with Gasteiger partial charge in [-0.2, -0.15) is 14.6 Å². The Morgan fingerprint density at radius 2 is 1.12 bits per heavy atom. The van der Waals surface area contributed by atoms with Crippen LogP contribution in [0.5, 0.6) is 0 Å². The Morgan fingerprint density at radius 1 is 0.875 bits per heavy atom. The second-order valence-electron chi connectivity index (χ2n) is 0.556. The number of rotatable bonds is 3. The molecule has 0 aliphatic carbocycles. The quantitative estimate of drug-likeness (QED) is 0.585. The predicted octanol–water partition coefficient (Wildman–Crippen LogP) is 0.672. The zero-order valence-electron chi connectivity index (χ0n) is 3.29. The molecule has 0 saturated heterocycles. The largest absolute Gasteiger partial charge is 0.737 e. The standard InChI is InChI=1S/BF3O3.Fe/c2-5-1(6-3)7-4;. The summed E-state index contributed by atoms with van der Waals surface area (Å²) in [6, 6.07) is 0. The monoisotopic (exact) mass is 172 g/mol. The summed E-state index contributed by atoms with van der Waals surface area (Å²) in [4.78, 5) is 7.06. The van der Waals surface area contributed by atoms with E-state index in [1.165, 1.54) is 0 Å². The Morgan fingerprint density at radius 3 is 1.12 bits per heavy atom. The summed E-state index contributed by atoms with van der Waals surface area (Å²) >= 11 is 0. The fraction of sp³-hybridized carbons (Fsp3) is 0. The van der Waals surface area contributed by atoms with Crippen LogP contribution >= 0.6 is 0 Å². The Hall–Kier alpha value is 0.254. The van der Waals surface area contributed by atoms with Crippen molar-refractivity contribution in [1.29, 1.82) is 0 Å². The summed E-state index contributed by atoms with van der Waals surface area (Å²) in [5, 5.41) is 0. The van der Waals surface area contributed by atoms with Crippen LogP contribution in [0, 0.1) is 0 Å². The predicted molar refractivity (Wildman–Crippen MR) is 12.3 cm³/mol. The molecule has 0 bridgehead atoms. The fourth-order valence-corrected chi connectivity index (χ4v) is 0.0412. The average Bonchev–Trinajstić information content (AvgIpc) is 1.72. The first-order valence-corrected chi connectivity index (χ1v) is 1.17. The van der Waals surface area contributed by atoms with Crippen molar-refractivity contribution in [3.8, 4) is 0 Å². The minimum Gasteiger partial charge on any atom is -0.185 e. The molecule has 3 nitrogen and oxygen atoms in total. The van der Waals surface area contributed by atoms with Gasteiger partial charge in [-0.3, -0.25) is 0 Å². The van der Waals surface area contributed by atoms with Gasteiger partial charge in [0.05, 0.1) is 0 Å². The number of hydrogen-bond donors (Lipinski definition) is 0. The SMILES string of the molecule is FOB(OF)OF.[Fe]. The van der Waals surface area contributed by atoms with Crippen LogP contribution in [0.2, 0.25) is 0 Å². The topological polar surface area (TPSA) is 27.7 Å². The van der Waals surface area contributed by atoms with Crippen molar-refractivity contribution in [2.24, 2.45) is 0 Å². The normalized spacial score (nSPS) is 7.88. The Labute approximate surface area is 53.4 Å². The van der Waals surface area contributed by atoms with E-state index in [1.54, 1.807) is 0 Å². The third-order valence-electron chi connectivity index (χ3n) is 0.218. The maximum absolute atomic E-state index is 10.4. The van der Waals surface area contributed by atoms with E-state index >= 15 is 0 Å². The van der Waals surface area contributed by atoms with E-state index in [0.29, 0.717) is 0 Å². The Bertz CT molecular complexity index is 36.0. The third kappa shape index (κ3) is 4.41. The summed E-state index contributed by atoms with van der Waals surface area (Å²) in [7, 11) is -2.51. The summed E-state index contributed by atoms with van der Waals surface area (Å²) in [5.41, 5.74) is 0. The molecule has 0 aromatic heterocycles. The van der Waals surface area contributed by atoms with E-state index in [-0.39, 0.29) is 17.1 Å². The van der Waals surface area contributed by atoms with Gasteiger partial charge in [0.15, 0.2) is 0 Å². The van der Waals surface area contributed by atoms with Gasteiger partial charge in [0.1, 0.15) is 0 Å². The molecule has 50 valence electrons. The first-order valence-electron chi connectivity index (χ1n) is 1.17. The molecule has 8 heavy (non-hydrogen) atoms. The molecule has 0 saturated carbocycles. The van der Waals surface area contributed by atoms with Gasteiger partial charge < -0.3 is 0 Å². The summed E-state index contributed by atoms with van der Waals surface area (Å²) in [5.74, 6) is 0. The molecule has 0 amide bonds. The fourth-order valence-electron chi connectivity index (χ4n) is 0.0412. The Kier molecular flexibility index (Phi) is 10.1. The molecule has 8 heteroatoms. The van der Waals surface area contributed by atoms with Crippen LogP contribution in [0.1, 0.15) is 0 Å². The maximum atomic E-state index is 10.4. The van der Waals surface area contributed by atoms with Crippen LogP contribution in [0.3, 0.4) is 0 Å². The molecular weight excluding hydrogens is 172 g/mol. The van der Waals surface area contributed by atoms with E-state index in [0.717, 1.165) is 0 Å². The van der Waals surface area contributed by atoms with Gasteiger partial charge in [0.2, 0.25) is 0 Å². The molecular formula is BF3FeO3. The van der Waals surface area contributed by atoms with Crippen molar-refractivity contribution < 1.29 is 45.2 Å². The van der Waals surface area contributed by atoms with Crippen molar-refractivity contribution in [2.45, 2.75) is 0 Å². The average molecular weight is 172 g/mol. The molecule has 0 rings (SSSR count). The van der Waals surface area contributed by atoms with E-state index in [4.69, 9.17) is 0 Å². The van der Waals surface area contributed by atoms with E-state index in [2.05, 4.69) is 14.6 Å². The summed E-state index contributed by atoms with van der Waals surface area (Å²) in [6.45, 7) is 0. The molecule has 0 heterocycles. The summed E-state index contributed by atoms with van der Waals surface area (Å²) < 4.78 is 31.3. The van der Waals surface area contributed by atoms with Gasteiger partial charge >= 0.3 is 7.32 Å². The van der Waals surface area contributed by atoms with Gasteiger partial charge in [-0.1, -0.05) is 13.6 Å². The summed E-state index contributed by atoms with van der Waals surface area (Å²) in [6.07, 6.45) is 0. The maximum Gasteiger partial charge on any atom is 0.737 e. The third-order valence-corrected chi connectivity index (χ3v) is 0.218. The number of halogens is 3. The van der Waals surface area contributed by atoms with E-state index < -0.39 is 7.32 Å².